The number of nitrogens with two attached hydrogens (primary N) is 1. The van der Waals surface area contributed by atoms with E-state index in [0.29, 0.717) is 26.1 Å². The standard InChI is InChI=1S/C15H20F2N2O2/c1-10(13-11(16)3-2-4-12(13)17)19-14(20)15(9-18)5-7-21-8-6-15/h2-4,10H,5-9,18H2,1H3,(H,19,20). The van der Waals surface area contributed by atoms with Gasteiger partial charge in [0.05, 0.1) is 11.5 Å². The van der Waals surface area contributed by atoms with Crippen molar-refractivity contribution in [3.8, 4) is 0 Å². The van der Waals surface area contributed by atoms with Gasteiger partial charge in [0.15, 0.2) is 0 Å². The molecule has 1 aromatic carbocycles. The molecule has 1 aliphatic heterocycles. The van der Waals surface area contributed by atoms with Crippen LogP contribution in [-0.2, 0) is 9.53 Å². The van der Waals surface area contributed by atoms with Crippen LogP contribution in [0.1, 0.15) is 31.4 Å². The predicted octanol–water partition coefficient (Wildman–Crippen LogP) is 1.90. The number of hydrogen-bond acceptors (Lipinski definition) is 3. The van der Waals surface area contributed by atoms with E-state index < -0.39 is 23.1 Å². The highest BCUT2D eigenvalue weighted by molar-refractivity contribution is 5.83. The summed E-state index contributed by atoms with van der Waals surface area (Å²) in [4.78, 5) is 12.5. The van der Waals surface area contributed by atoms with Gasteiger partial charge in [-0.15, -0.1) is 0 Å². The molecule has 1 saturated heterocycles. The lowest BCUT2D eigenvalue weighted by Crippen LogP contribution is -2.49. The van der Waals surface area contributed by atoms with Gasteiger partial charge in [-0.3, -0.25) is 4.79 Å². The maximum atomic E-state index is 13.7. The first-order chi connectivity index (χ1) is 10.00. The Balaban J connectivity index is 2.15. The molecule has 1 fully saturated rings. The second-order valence-electron chi connectivity index (χ2n) is 5.43. The molecule has 1 heterocycles. The van der Waals surface area contributed by atoms with Crippen molar-refractivity contribution in [3.05, 3.63) is 35.4 Å². The topological polar surface area (TPSA) is 64.4 Å². The average molecular weight is 298 g/mol. The van der Waals surface area contributed by atoms with Crippen molar-refractivity contribution in [3.63, 3.8) is 0 Å². The lowest BCUT2D eigenvalue weighted by Gasteiger charge is -2.35. The van der Waals surface area contributed by atoms with Crippen LogP contribution in [-0.4, -0.2) is 25.7 Å². The van der Waals surface area contributed by atoms with Crippen LogP contribution in [0.15, 0.2) is 18.2 Å². The zero-order chi connectivity index (χ0) is 15.5. The van der Waals surface area contributed by atoms with Gasteiger partial charge in [0.1, 0.15) is 11.6 Å². The third-order valence-electron chi connectivity index (χ3n) is 4.10. The van der Waals surface area contributed by atoms with Crippen molar-refractivity contribution in [2.75, 3.05) is 19.8 Å². The zero-order valence-electron chi connectivity index (χ0n) is 12.0. The van der Waals surface area contributed by atoms with Gasteiger partial charge in [-0.2, -0.15) is 0 Å². The molecule has 0 spiro atoms. The number of benzene rings is 1. The Bertz CT molecular complexity index is 496. The fourth-order valence-electron chi connectivity index (χ4n) is 2.63. The van der Waals surface area contributed by atoms with E-state index >= 15 is 0 Å². The minimum absolute atomic E-state index is 0.134. The molecule has 2 rings (SSSR count). The molecule has 6 heteroatoms. The molecule has 0 aromatic heterocycles. The van der Waals surface area contributed by atoms with Gasteiger partial charge in [-0.1, -0.05) is 6.07 Å². The highest BCUT2D eigenvalue weighted by atomic mass is 19.1. The molecule has 0 bridgehead atoms. The third-order valence-corrected chi connectivity index (χ3v) is 4.10. The number of rotatable bonds is 4. The number of amides is 1. The second kappa shape index (κ2) is 6.49. The highest BCUT2D eigenvalue weighted by Crippen LogP contribution is 2.31. The largest absolute Gasteiger partial charge is 0.381 e. The van der Waals surface area contributed by atoms with Crippen molar-refractivity contribution in [1.29, 1.82) is 0 Å². The van der Waals surface area contributed by atoms with E-state index in [1.165, 1.54) is 18.2 Å². The Morgan fingerprint density at radius 2 is 1.95 bits per heavy atom. The first-order valence-electron chi connectivity index (χ1n) is 7.03. The first-order valence-corrected chi connectivity index (χ1v) is 7.03. The quantitative estimate of drug-likeness (QED) is 0.892. The third kappa shape index (κ3) is 3.22. The SMILES string of the molecule is CC(NC(=O)C1(CN)CCOCC1)c1c(F)cccc1F. The van der Waals surface area contributed by atoms with Gasteiger partial charge in [0, 0.05) is 25.3 Å². The van der Waals surface area contributed by atoms with Crippen LogP contribution in [0, 0.1) is 17.0 Å². The molecule has 1 atom stereocenters. The van der Waals surface area contributed by atoms with Crippen molar-refractivity contribution in [1.82, 2.24) is 5.32 Å². The number of ether oxygens (including phenoxy) is 1. The summed E-state index contributed by atoms with van der Waals surface area (Å²) in [6, 6.07) is 2.88. The monoisotopic (exact) mass is 298 g/mol. The maximum Gasteiger partial charge on any atom is 0.228 e. The molecule has 1 aliphatic rings. The van der Waals surface area contributed by atoms with Crippen LogP contribution in [0.5, 0.6) is 0 Å². The lowest BCUT2D eigenvalue weighted by molar-refractivity contribution is -0.136. The fourth-order valence-corrected chi connectivity index (χ4v) is 2.63. The molecule has 1 amide bonds. The fraction of sp³-hybridized carbons (Fsp3) is 0.533. The summed E-state index contributed by atoms with van der Waals surface area (Å²) in [5, 5.41) is 2.68. The summed E-state index contributed by atoms with van der Waals surface area (Å²) in [5.41, 5.74) is 4.90. The molecule has 1 aromatic rings. The van der Waals surface area contributed by atoms with Gasteiger partial charge < -0.3 is 15.8 Å². The van der Waals surface area contributed by atoms with E-state index in [4.69, 9.17) is 10.5 Å². The average Bonchev–Trinajstić information content (AvgIpc) is 2.47. The van der Waals surface area contributed by atoms with Crippen LogP contribution >= 0.6 is 0 Å². The van der Waals surface area contributed by atoms with E-state index in [1.54, 1.807) is 6.92 Å². The van der Waals surface area contributed by atoms with E-state index in [2.05, 4.69) is 5.32 Å². The molecule has 116 valence electrons. The molecule has 3 N–H and O–H groups in total. The smallest absolute Gasteiger partial charge is 0.228 e. The molecule has 21 heavy (non-hydrogen) atoms. The van der Waals surface area contributed by atoms with Crippen LogP contribution < -0.4 is 11.1 Å². The molecule has 1 unspecified atom stereocenters. The van der Waals surface area contributed by atoms with E-state index in [-0.39, 0.29) is 18.0 Å². The van der Waals surface area contributed by atoms with Crippen molar-refractivity contribution < 1.29 is 18.3 Å². The zero-order valence-corrected chi connectivity index (χ0v) is 12.0. The molecule has 0 aliphatic carbocycles. The van der Waals surface area contributed by atoms with E-state index in [9.17, 15) is 13.6 Å². The molecular formula is C15H20F2N2O2. The maximum absolute atomic E-state index is 13.7. The number of halogens is 2. The Labute approximate surface area is 122 Å². The number of nitrogens with one attached hydrogen (secondary N) is 1. The summed E-state index contributed by atoms with van der Waals surface area (Å²) in [6.07, 6.45) is 1.03. The first kappa shape index (κ1) is 15.9. The Hall–Kier alpha value is -1.53. The van der Waals surface area contributed by atoms with E-state index in [1.807, 2.05) is 0 Å². The molecular weight excluding hydrogens is 278 g/mol. The van der Waals surface area contributed by atoms with Gasteiger partial charge in [-0.05, 0) is 31.9 Å². The molecule has 4 nitrogen and oxygen atoms in total. The summed E-state index contributed by atoms with van der Waals surface area (Å²) in [7, 11) is 0. The highest BCUT2D eigenvalue weighted by Gasteiger charge is 2.39. The van der Waals surface area contributed by atoms with Gasteiger partial charge in [-0.25, -0.2) is 8.78 Å². The predicted molar refractivity (Wildman–Crippen MR) is 74.5 cm³/mol. The summed E-state index contributed by atoms with van der Waals surface area (Å²) in [5.74, 6) is -1.61. The van der Waals surface area contributed by atoms with Crippen LogP contribution in [0.3, 0.4) is 0 Å². The van der Waals surface area contributed by atoms with Crippen molar-refractivity contribution in [2.24, 2.45) is 11.1 Å². The van der Waals surface area contributed by atoms with Crippen LogP contribution in [0.4, 0.5) is 8.78 Å². The van der Waals surface area contributed by atoms with Crippen LogP contribution in [0.25, 0.3) is 0 Å². The normalized spacial score (nSPS) is 19.0. The number of carbonyl (C=O) groups is 1. The summed E-state index contributed by atoms with van der Waals surface area (Å²) in [6.45, 7) is 2.68. The number of carbonyl (C=O) groups excluding carboxylic acids is 1. The number of hydrogen-bond donors (Lipinski definition) is 2. The van der Waals surface area contributed by atoms with Crippen molar-refractivity contribution >= 4 is 5.91 Å². The van der Waals surface area contributed by atoms with Crippen molar-refractivity contribution in [2.45, 2.75) is 25.8 Å². The van der Waals surface area contributed by atoms with E-state index in [0.717, 1.165) is 0 Å². The summed E-state index contributed by atoms with van der Waals surface area (Å²) < 4.78 is 32.7. The summed E-state index contributed by atoms with van der Waals surface area (Å²) >= 11 is 0. The molecule has 0 saturated carbocycles. The Morgan fingerprint density at radius 1 is 1.38 bits per heavy atom. The van der Waals surface area contributed by atoms with Gasteiger partial charge in [0.2, 0.25) is 5.91 Å². The second-order valence-corrected chi connectivity index (χ2v) is 5.43. The van der Waals surface area contributed by atoms with Gasteiger partial charge >= 0.3 is 0 Å². The minimum atomic E-state index is -0.759. The molecule has 0 radical (unpaired) electrons. The van der Waals surface area contributed by atoms with Crippen LogP contribution in [0.2, 0.25) is 0 Å². The lowest BCUT2D eigenvalue weighted by atomic mass is 9.79. The Kier molecular flexibility index (Phi) is 4.90. The van der Waals surface area contributed by atoms with Gasteiger partial charge in [0.25, 0.3) is 0 Å². The Morgan fingerprint density at radius 3 is 2.48 bits per heavy atom. The minimum Gasteiger partial charge on any atom is -0.381 e.